The third-order valence-electron chi connectivity index (χ3n) is 6.18. The Bertz CT molecular complexity index is 816. The average Bonchev–Trinajstić information content (AvgIpc) is 2.95. The van der Waals surface area contributed by atoms with Crippen molar-refractivity contribution in [3.8, 4) is 0 Å². The summed E-state index contributed by atoms with van der Waals surface area (Å²) in [6.45, 7) is 5.60. The van der Waals surface area contributed by atoms with Crippen LogP contribution in [0.25, 0.3) is 0 Å². The molecule has 1 aliphatic carbocycles. The Morgan fingerprint density at radius 3 is 2.39 bits per heavy atom. The molecule has 0 amide bonds. The molecule has 1 aromatic heterocycles. The molecule has 0 atom stereocenters. The molecular weight excluding hydrogens is 353 g/mol. The summed E-state index contributed by atoms with van der Waals surface area (Å²) < 4.78 is 15.3. The van der Waals surface area contributed by atoms with Crippen LogP contribution in [0.3, 0.4) is 0 Å². The summed E-state index contributed by atoms with van der Waals surface area (Å²) in [5.74, 6) is 0.608. The normalized spacial score (nSPS) is 16.8. The molecule has 5 nitrogen and oxygen atoms in total. The zero-order chi connectivity index (χ0) is 20.1. The maximum Gasteiger partial charge on any atom is 0.191 e. The largest absolute Gasteiger partial charge is 0.356 e. The molecule has 0 bridgehead atoms. The van der Waals surface area contributed by atoms with Crippen LogP contribution in [0.15, 0.2) is 29.3 Å². The van der Waals surface area contributed by atoms with Crippen LogP contribution >= 0.6 is 0 Å². The summed E-state index contributed by atoms with van der Waals surface area (Å²) >= 11 is 0. The summed E-state index contributed by atoms with van der Waals surface area (Å²) in [5.41, 5.74) is 4.66. The first-order valence-corrected chi connectivity index (χ1v) is 10.1. The number of halogens is 1. The van der Waals surface area contributed by atoms with Crippen molar-refractivity contribution in [2.45, 2.75) is 57.9 Å². The minimum Gasteiger partial charge on any atom is -0.356 e. The molecule has 2 aromatic rings. The molecular formula is C22H32FN5. The van der Waals surface area contributed by atoms with Crippen molar-refractivity contribution in [2.24, 2.45) is 12.0 Å². The van der Waals surface area contributed by atoms with Crippen LogP contribution in [0.2, 0.25) is 0 Å². The van der Waals surface area contributed by atoms with Crippen LogP contribution in [0.1, 0.15) is 54.6 Å². The summed E-state index contributed by atoms with van der Waals surface area (Å²) in [6.07, 6.45) is 5.92. The molecule has 0 saturated heterocycles. The van der Waals surface area contributed by atoms with Crippen LogP contribution < -0.4 is 10.6 Å². The van der Waals surface area contributed by atoms with Gasteiger partial charge in [0.15, 0.2) is 5.96 Å². The average molecular weight is 386 g/mol. The number of nitrogens with one attached hydrogen (secondary N) is 2. The number of hydrogen-bond donors (Lipinski definition) is 2. The fourth-order valence-corrected chi connectivity index (χ4v) is 4.32. The van der Waals surface area contributed by atoms with Crippen molar-refractivity contribution in [2.75, 3.05) is 13.6 Å². The minimum atomic E-state index is -0.178. The van der Waals surface area contributed by atoms with Crippen molar-refractivity contribution >= 4 is 5.96 Å². The molecule has 28 heavy (non-hydrogen) atoms. The lowest BCUT2D eigenvalue weighted by Gasteiger charge is -2.38. The standard InChI is InChI=1S/C22H32FN5/c1-16-20(17(2)28(4)27-16)14-25-21(24-3)26-15-22(12-6-5-7-13-22)18-8-10-19(23)11-9-18/h8-11H,5-7,12-15H2,1-4H3,(H2,24,25,26). The molecule has 1 fully saturated rings. The molecule has 1 heterocycles. The topological polar surface area (TPSA) is 54.2 Å². The summed E-state index contributed by atoms with van der Waals surface area (Å²) in [4.78, 5) is 4.40. The number of aromatic nitrogens is 2. The molecule has 1 aliphatic rings. The quantitative estimate of drug-likeness (QED) is 0.609. The summed E-state index contributed by atoms with van der Waals surface area (Å²) in [7, 11) is 3.76. The van der Waals surface area contributed by atoms with E-state index in [0.717, 1.165) is 36.7 Å². The lowest BCUT2D eigenvalue weighted by molar-refractivity contribution is 0.291. The van der Waals surface area contributed by atoms with E-state index in [0.29, 0.717) is 6.54 Å². The first kappa shape index (κ1) is 20.4. The fourth-order valence-electron chi connectivity index (χ4n) is 4.32. The van der Waals surface area contributed by atoms with Gasteiger partial charge in [0.2, 0.25) is 0 Å². The third kappa shape index (κ3) is 4.37. The van der Waals surface area contributed by atoms with Gasteiger partial charge in [-0.2, -0.15) is 5.10 Å². The SMILES string of the molecule is CN=C(NCc1c(C)nn(C)c1C)NCC1(c2ccc(F)cc2)CCCCC1. The van der Waals surface area contributed by atoms with Gasteiger partial charge >= 0.3 is 0 Å². The summed E-state index contributed by atoms with van der Waals surface area (Å²) in [5, 5.41) is 11.4. The smallest absolute Gasteiger partial charge is 0.191 e. The Morgan fingerprint density at radius 1 is 1.14 bits per heavy atom. The molecule has 6 heteroatoms. The second kappa shape index (κ2) is 8.76. The van der Waals surface area contributed by atoms with Crippen molar-refractivity contribution in [1.29, 1.82) is 0 Å². The van der Waals surface area contributed by atoms with Crippen LogP contribution in [-0.2, 0) is 19.0 Å². The molecule has 0 radical (unpaired) electrons. The Hall–Kier alpha value is -2.37. The van der Waals surface area contributed by atoms with E-state index in [-0.39, 0.29) is 11.2 Å². The maximum atomic E-state index is 13.4. The van der Waals surface area contributed by atoms with E-state index in [1.807, 2.05) is 30.8 Å². The van der Waals surface area contributed by atoms with Crippen molar-refractivity contribution in [1.82, 2.24) is 20.4 Å². The maximum absolute atomic E-state index is 13.4. The molecule has 0 unspecified atom stereocenters. The van der Waals surface area contributed by atoms with E-state index in [1.54, 1.807) is 19.2 Å². The molecule has 152 valence electrons. The number of hydrogen-bond acceptors (Lipinski definition) is 2. The van der Waals surface area contributed by atoms with Crippen molar-refractivity contribution < 1.29 is 4.39 Å². The second-order valence-electron chi connectivity index (χ2n) is 7.90. The number of guanidine groups is 1. The van der Waals surface area contributed by atoms with Crippen LogP contribution in [0, 0.1) is 19.7 Å². The predicted octanol–water partition coefficient (Wildman–Crippen LogP) is 3.74. The Labute approximate surface area is 167 Å². The molecule has 1 saturated carbocycles. The van der Waals surface area contributed by atoms with E-state index in [9.17, 15) is 4.39 Å². The van der Waals surface area contributed by atoms with E-state index in [2.05, 4.69) is 27.6 Å². The minimum absolute atomic E-state index is 0.0315. The van der Waals surface area contributed by atoms with E-state index in [1.165, 1.54) is 30.4 Å². The van der Waals surface area contributed by atoms with Crippen LogP contribution in [0.4, 0.5) is 4.39 Å². The van der Waals surface area contributed by atoms with Crippen LogP contribution in [0.5, 0.6) is 0 Å². The predicted molar refractivity (Wildman–Crippen MR) is 112 cm³/mol. The first-order chi connectivity index (χ1) is 13.4. The number of aliphatic imine (C=N–C) groups is 1. The number of rotatable bonds is 5. The molecule has 0 spiro atoms. The number of nitrogens with zero attached hydrogens (tertiary/aromatic N) is 3. The fraction of sp³-hybridized carbons (Fsp3) is 0.545. The van der Waals surface area contributed by atoms with Gasteiger partial charge in [-0.1, -0.05) is 31.4 Å². The third-order valence-corrected chi connectivity index (χ3v) is 6.18. The van der Waals surface area contributed by atoms with Gasteiger partial charge in [0.1, 0.15) is 5.82 Å². The molecule has 3 rings (SSSR count). The van der Waals surface area contributed by atoms with Gasteiger partial charge in [-0.15, -0.1) is 0 Å². The Balaban J connectivity index is 1.68. The highest BCUT2D eigenvalue weighted by Crippen LogP contribution is 2.39. The van der Waals surface area contributed by atoms with Gasteiger partial charge in [0, 0.05) is 43.9 Å². The number of aryl methyl sites for hydroxylation is 2. The highest BCUT2D eigenvalue weighted by Gasteiger charge is 2.34. The first-order valence-electron chi connectivity index (χ1n) is 10.1. The Kier molecular flexibility index (Phi) is 6.37. The zero-order valence-corrected chi connectivity index (χ0v) is 17.5. The van der Waals surface area contributed by atoms with Crippen LogP contribution in [-0.4, -0.2) is 29.3 Å². The molecule has 1 aromatic carbocycles. The Morgan fingerprint density at radius 2 is 1.82 bits per heavy atom. The van der Waals surface area contributed by atoms with E-state index < -0.39 is 0 Å². The molecule has 0 aliphatic heterocycles. The highest BCUT2D eigenvalue weighted by molar-refractivity contribution is 5.79. The van der Waals surface area contributed by atoms with Gasteiger partial charge in [0.05, 0.1) is 5.69 Å². The van der Waals surface area contributed by atoms with Crippen molar-refractivity contribution in [3.63, 3.8) is 0 Å². The lowest BCUT2D eigenvalue weighted by atomic mass is 9.69. The van der Waals surface area contributed by atoms with E-state index in [4.69, 9.17) is 0 Å². The second-order valence-corrected chi connectivity index (χ2v) is 7.90. The van der Waals surface area contributed by atoms with Gasteiger partial charge in [-0.25, -0.2) is 4.39 Å². The van der Waals surface area contributed by atoms with Gasteiger partial charge in [-0.05, 0) is 44.4 Å². The van der Waals surface area contributed by atoms with Gasteiger partial charge in [-0.3, -0.25) is 9.67 Å². The zero-order valence-electron chi connectivity index (χ0n) is 17.5. The van der Waals surface area contributed by atoms with E-state index >= 15 is 0 Å². The monoisotopic (exact) mass is 385 g/mol. The highest BCUT2D eigenvalue weighted by atomic mass is 19.1. The van der Waals surface area contributed by atoms with Gasteiger partial charge < -0.3 is 10.6 Å². The number of benzene rings is 1. The molecule has 2 N–H and O–H groups in total. The lowest BCUT2D eigenvalue weighted by Crippen LogP contribution is -2.46. The summed E-state index contributed by atoms with van der Waals surface area (Å²) in [6, 6.07) is 7.04. The van der Waals surface area contributed by atoms with Gasteiger partial charge in [0.25, 0.3) is 0 Å². The van der Waals surface area contributed by atoms with Crippen molar-refractivity contribution in [3.05, 3.63) is 52.6 Å².